The summed E-state index contributed by atoms with van der Waals surface area (Å²) in [5.74, 6) is -0.311. The zero-order chi connectivity index (χ0) is 15.5. The van der Waals surface area contributed by atoms with E-state index < -0.39 is 24.7 Å². The van der Waals surface area contributed by atoms with Crippen molar-refractivity contribution in [1.29, 1.82) is 0 Å². The number of esters is 1. The van der Waals surface area contributed by atoms with Gasteiger partial charge in [0, 0.05) is 13.6 Å². The van der Waals surface area contributed by atoms with Crippen LogP contribution in [0.5, 0.6) is 0 Å². The first-order valence-corrected chi connectivity index (χ1v) is 16.7. The lowest BCUT2D eigenvalue weighted by molar-refractivity contribution is -0.137. The van der Waals surface area contributed by atoms with Crippen molar-refractivity contribution in [2.45, 2.75) is 58.4 Å². The standard InChI is InChI=1S/C13H30O3Si3/c1-12(2)13(14)15-10-18(6,7)16-19(8,9)11-17(3,4)5/h1,10-11H2,2-9H3. The van der Waals surface area contributed by atoms with Gasteiger partial charge in [0.1, 0.15) is 6.23 Å². The van der Waals surface area contributed by atoms with E-state index in [1.54, 1.807) is 6.92 Å². The fourth-order valence-electron chi connectivity index (χ4n) is 2.45. The quantitative estimate of drug-likeness (QED) is 0.405. The monoisotopic (exact) mass is 318 g/mol. The van der Waals surface area contributed by atoms with Crippen LogP contribution >= 0.6 is 0 Å². The van der Waals surface area contributed by atoms with Gasteiger partial charge in [-0.2, -0.15) is 0 Å². The molecule has 0 aromatic carbocycles. The predicted molar refractivity (Wildman–Crippen MR) is 90.0 cm³/mol. The van der Waals surface area contributed by atoms with Crippen molar-refractivity contribution in [3.63, 3.8) is 0 Å². The Kier molecular flexibility index (Phi) is 6.45. The lowest BCUT2D eigenvalue weighted by atomic mass is 10.4. The summed E-state index contributed by atoms with van der Waals surface area (Å²) in [5, 5.41) is 0. The maximum Gasteiger partial charge on any atom is 0.332 e. The van der Waals surface area contributed by atoms with Gasteiger partial charge in [0.25, 0.3) is 0 Å². The molecule has 0 radical (unpaired) electrons. The molecule has 0 aromatic rings. The zero-order valence-corrected chi connectivity index (χ0v) is 16.8. The van der Waals surface area contributed by atoms with Crippen LogP contribution in [0.15, 0.2) is 12.2 Å². The largest absolute Gasteiger partial charge is 0.463 e. The van der Waals surface area contributed by atoms with Gasteiger partial charge in [-0.15, -0.1) is 0 Å². The lowest BCUT2D eigenvalue weighted by Crippen LogP contribution is -2.51. The van der Waals surface area contributed by atoms with Crippen LogP contribution in [0.3, 0.4) is 0 Å². The van der Waals surface area contributed by atoms with Crippen molar-refractivity contribution in [3.8, 4) is 0 Å². The molecule has 0 spiro atoms. The molecule has 0 bridgehead atoms. The van der Waals surface area contributed by atoms with Crippen LogP contribution in [-0.4, -0.2) is 36.9 Å². The molecule has 0 aliphatic heterocycles. The molecule has 0 aliphatic carbocycles. The summed E-state index contributed by atoms with van der Waals surface area (Å²) in [6.45, 7) is 21.2. The van der Waals surface area contributed by atoms with Crippen LogP contribution in [0.1, 0.15) is 6.92 Å². The van der Waals surface area contributed by atoms with Gasteiger partial charge in [-0.1, -0.05) is 26.2 Å². The minimum atomic E-state index is -1.95. The van der Waals surface area contributed by atoms with E-state index in [0.29, 0.717) is 11.8 Å². The Bertz CT molecular complexity index is 344. The van der Waals surface area contributed by atoms with Crippen molar-refractivity contribution >= 4 is 30.7 Å². The second-order valence-electron chi connectivity index (χ2n) is 7.72. The van der Waals surface area contributed by atoms with E-state index in [-0.39, 0.29) is 5.97 Å². The molecule has 0 saturated carbocycles. The number of carbonyl (C=O) groups is 1. The maximum absolute atomic E-state index is 11.4. The molecule has 0 atom stereocenters. The van der Waals surface area contributed by atoms with Crippen LogP contribution in [0.2, 0.25) is 51.5 Å². The molecular weight excluding hydrogens is 288 g/mol. The number of rotatable bonds is 7. The highest BCUT2D eigenvalue weighted by Crippen LogP contribution is 2.24. The Morgan fingerprint density at radius 2 is 1.47 bits per heavy atom. The second kappa shape index (κ2) is 6.51. The molecule has 0 aromatic heterocycles. The Labute approximate surface area is 121 Å². The van der Waals surface area contributed by atoms with Gasteiger partial charge in [0.2, 0.25) is 8.32 Å². The highest BCUT2D eigenvalue weighted by molar-refractivity contribution is 6.95. The van der Waals surface area contributed by atoms with E-state index in [9.17, 15) is 4.79 Å². The highest BCUT2D eigenvalue weighted by atomic mass is 28.4. The molecule has 6 heteroatoms. The van der Waals surface area contributed by atoms with Gasteiger partial charge in [0.15, 0.2) is 8.32 Å². The third-order valence-corrected chi connectivity index (χ3v) is 15.3. The van der Waals surface area contributed by atoms with Gasteiger partial charge in [0.05, 0.1) is 0 Å². The first-order chi connectivity index (χ1) is 8.24. The molecule has 19 heavy (non-hydrogen) atoms. The fourth-order valence-corrected chi connectivity index (χ4v) is 20.3. The van der Waals surface area contributed by atoms with Gasteiger partial charge < -0.3 is 8.85 Å². The van der Waals surface area contributed by atoms with E-state index in [4.69, 9.17) is 8.85 Å². The molecule has 0 amide bonds. The summed E-state index contributed by atoms with van der Waals surface area (Å²) in [4.78, 5) is 11.4. The van der Waals surface area contributed by atoms with Crippen molar-refractivity contribution in [2.24, 2.45) is 0 Å². The van der Waals surface area contributed by atoms with E-state index >= 15 is 0 Å². The smallest absolute Gasteiger partial charge is 0.332 e. The SMILES string of the molecule is C=C(C)C(=O)OC[Si](C)(C)O[Si](C)(C)C[Si](C)(C)C. The van der Waals surface area contributed by atoms with Crippen molar-refractivity contribution < 1.29 is 13.6 Å². The number of hydrogen-bond acceptors (Lipinski definition) is 3. The van der Waals surface area contributed by atoms with Crippen LogP contribution in [0, 0.1) is 0 Å². The summed E-state index contributed by atoms with van der Waals surface area (Å²) < 4.78 is 11.7. The van der Waals surface area contributed by atoms with E-state index in [1.807, 2.05) is 0 Å². The van der Waals surface area contributed by atoms with Gasteiger partial charge in [-0.3, -0.25) is 0 Å². The topological polar surface area (TPSA) is 35.5 Å². The summed E-state index contributed by atoms with van der Waals surface area (Å²) >= 11 is 0. The molecule has 0 heterocycles. The molecule has 0 fully saturated rings. The second-order valence-corrected chi connectivity index (χ2v) is 22.4. The van der Waals surface area contributed by atoms with Gasteiger partial charge in [-0.05, 0) is 38.8 Å². The summed E-state index contributed by atoms with van der Waals surface area (Å²) in [6.07, 6.45) is 0.417. The van der Waals surface area contributed by atoms with Gasteiger partial charge >= 0.3 is 5.97 Å². The van der Waals surface area contributed by atoms with Crippen LogP contribution < -0.4 is 0 Å². The van der Waals surface area contributed by atoms with Crippen LogP contribution in [0.25, 0.3) is 0 Å². The fraction of sp³-hybridized carbons (Fsp3) is 0.769. The van der Waals surface area contributed by atoms with Crippen molar-refractivity contribution in [2.75, 3.05) is 6.23 Å². The zero-order valence-electron chi connectivity index (χ0n) is 13.8. The highest BCUT2D eigenvalue weighted by Gasteiger charge is 2.37. The maximum atomic E-state index is 11.4. The molecule has 0 rings (SSSR count). The Morgan fingerprint density at radius 3 is 1.84 bits per heavy atom. The third-order valence-electron chi connectivity index (χ3n) is 2.41. The Morgan fingerprint density at radius 1 is 1.00 bits per heavy atom. The molecule has 0 saturated heterocycles. The predicted octanol–water partition coefficient (Wildman–Crippen LogP) is 3.95. The minimum absolute atomic E-state index is 0.311. The first-order valence-electron chi connectivity index (χ1n) is 6.77. The van der Waals surface area contributed by atoms with Crippen LogP contribution in [-0.2, 0) is 13.6 Å². The molecule has 0 N–H and O–H groups in total. The van der Waals surface area contributed by atoms with E-state index in [2.05, 4.69) is 52.4 Å². The number of carbonyl (C=O) groups excluding carboxylic acids is 1. The first kappa shape index (κ1) is 18.8. The van der Waals surface area contributed by atoms with Crippen LogP contribution in [0.4, 0.5) is 0 Å². The van der Waals surface area contributed by atoms with E-state index in [0.717, 1.165) is 0 Å². The molecular formula is C13H30O3Si3. The third kappa shape index (κ3) is 9.37. The molecule has 0 aliphatic rings. The number of ether oxygens (including phenoxy) is 1. The molecule has 3 nitrogen and oxygen atoms in total. The number of hydrogen-bond donors (Lipinski definition) is 0. The van der Waals surface area contributed by atoms with Gasteiger partial charge in [-0.25, -0.2) is 4.79 Å². The summed E-state index contributed by atoms with van der Waals surface area (Å²) in [7, 11) is -4.73. The Hall–Kier alpha value is -0.179. The van der Waals surface area contributed by atoms with E-state index in [1.165, 1.54) is 5.67 Å². The normalized spacial score (nSPS) is 13.3. The lowest BCUT2D eigenvalue weighted by Gasteiger charge is -2.36. The Balaban J connectivity index is 4.50. The summed E-state index contributed by atoms with van der Waals surface area (Å²) in [5.41, 5.74) is 1.69. The average Bonchev–Trinajstić information content (AvgIpc) is 2.07. The van der Waals surface area contributed by atoms with Crippen molar-refractivity contribution in [1.82, 2.24) is 0 Å². The minimum Gasteiger partial charge on any atom is -0.463 e. The molecule has 112 valence electrons. The van der Waals surface area contributed by atoms with Crippen molar-refractivity contribution in [3.05, 3.63) is 12.2 Å². The molecule has 0 unspecified atom stereocenters. The average molecular weight is 319 g/mol. The summed E-state index contributed by atoms with van der Waals surface area (Å²) in [6, 6.07) is 0.